The van der Waals surface area contributed by atoms with Gasteiger partial charge in [-0.2, -0.15) is 5.10 Å². The molecule has 0 bridgehead atoms. The first kappa shape index (κ1) is 17.3. The van der Waals surface area contributed by atoms with Crippen molar-refractivity contribution in [2.24, 2.45) is 0 Å². The molecule has 1 amide bonds. The van der Waals surface area contributed by atoms with Crippen LogP contribution in [0.2, 0.25) is 0 Å². The Morgan fingerprint density at radius 2 is 1.90 bits per heavy atom. The molecule has 2 aromatic heterocycles. The van der Waals surface area contributed by atoms with Gasteiger partial charge in [0.25, 0.3) is 5.91 Å². The Morgan fingerprint density at radius 3 is 2.69 bits per heavy atom. The highest BCUT2D eigenvalue weighted by Gasteiger charge is 2.24. The lowest BCUT2D eigenvalue weighted by atomic mass is 10.1. The molecule has 0 aliphatic carbocycles. The first-order valence-electron chi connectivity index (χ1n) is 9.50. The molecule has 0 saturated heterocycles. The van der Waals surface area contributed by atoms with E-state index in [1.54, 1.807) is 23.1 Å². The summed E-state index contributed by atoms with van der Waals surface area (Å²) in [5.41, 5.74) is 3.02. The minimum absolute atomic E-state index is 0.0750. The number of para-hydroxylation sites is 2. The standard InChI is InChI=1S/C23H19N3O3/c27-23(24-15-18-13-16-7-4-5-10-21(16)29-18)20-14-19(22-11-6-12-28-22)25-26(20)17-8-2-1-3-9-17/h1-12,14,18H,13,15H2,(H,24,27). The van der Waals surface area contributed by atoms with Crippen LogP contribution in [-0.4, -0.2) is 28.3 Å². The molecule has 0 radical (unpaired) electrons. The van der Waals surface area contributed by atoms with Crippen molar-refractivity contribution in [3.63, 3.8) is 0 Å². The van der Waals surface area contributed by atoms with Crippen LogP contribution in [0.3, 0.4) is 0 Å². The fourth-order valence-electron chi connectivity index (χ4n) is 3.52. The number of carbonyl (C=O) groups is 1. The number of benzene rings is 2. The molecule has 29 heavy (non-hydrogen) atoms. The van der Waals surface area contributed by atoms with Crippen LogP contribution in [0.25, 0.3) is 17.1 Å². The number of carbonyl (C=O) groups excluding carboxylic acids is 1. The first-order chi connectivity index (χ1) is 14.3. The quantitative estimate of drug-likeness (QED) is 0.566. The van der Waals surface area contributed by atoms with Crippen LogP contribution in [0, 0.1) is 0 Å². The van der Waals surface area contributed by atoms with Gasteiger partial charge in [-0.15, -0.1) is 0 Å². The first-order valence-corrected chi connectivity index (χ1v) is 9.50. The van der Waals surface area contributed by atoms with Gasteiger partial charge in [0.2, 0.25) is 0 Å². The number of ether oxygens (including phenoxy) is 1. The maximum Gasteiger partial charge on any atom is 0.270 e. The highest BCUT2D eigenvalue weighted by molar-refractivity contribution is 5.94. The minimum atomic E-state index is -0.210. The SMILES string of the molecule is O=C(NCC1Cc2ccccc2O1)c1cc(-c2ccco2)nn1-c1ccccc1. The summed E-state index contributed by atoms with van der Waals surface area (Å²) in [6, 6.07) is 22.9. The number of hydrogen-bond acceptors (Lipinski definition) is 4. The molecule has 6 nitrogen and oxygen atoms in total. The number of nitrogens with one attached hydrogen (secondary N) is 1. The van der Waals surface area contributed by atoms with Crippen LogP contribution in [0.15, 0.2) is 83.5 Å². The minimum Gasteiger partial charge on any atom is -0.488 e. The molecule has 6 heteroatoms. The summed E-state index contributed by atoms with van der Waals surface area (Å²) in [6.45, 7) is 0.420. The Hall–Kier alpha value is -3.80. The zero-order valence-electron chi connectivity index (χ0n) is 15.6. The van der Waals surface area contributed by atoms with Crippen molar-refractivity contribution < 1.29 is 13.9 Å². The fraction of sp³-hybridized carbons (Fsp3) is 0.130. The van der Waals surface area contributed by atoms with Gasteiger partial charge < -0.3 is 14.5 Å². The van der Waals surface area contributed by atoms with Crippen LogP contribution in [-0.2, 0) is 6.42 Å². The largest absolute Gasteiger partial charge is 0.488 e. The Morgan fingerprint density at radius 1 is 1.07 bits per heavy atom. The zero-order valence-corrected chi connectivity index (χ0v) is 15.6. The third-order valence-corrected chi connectivity index (χ3v) is 4.92. The number of nitrogens with zero attached hydrogens (tertiary/aromatic N) is 2. The smallest absolute Gasteiger partial charge is 0.270 e. The van der Waals surface area contributed by atoms with E-state index in [2.05, 4.69) is 16.5 Å². The van der Waals surface area contributed by atoms with Crippen molar-refractivity contribution in [1.82, 2.24) is 15.1 Å². The number of aromatic nitrogens is 2. The highest BCUT2D eigenvalue weighted by Crippen LogP contribution is 2.28. The second-order valence-corrected chi connectivity index (χ2v) is 6.90. The van der Waals surface area contributed by atoms with E-state index >= 15 is 0 Å². The summed E-state index contributed by atoms with van der Waals surface area (Å²) < 4.78 is 13.0. The lowest BCUT2D eigenvalue weighted by Crippen LogP contribution is -2.35. The Bertz CT molecular complexity index is 1110. The van der Waals surface area contributed by atoms with Gasteiger partial charge in [-0.3, -0.25) is 4.79 Å². The van der Waals surface area contributed by atoms with Gasteiger partial charge in [0.1, 0.15) is 23.2 Å². The van der Waals surface area contributed by atoms with E-state index in [9.17, 15) is 4.79 Å². The topological polar surface area (TPSA) is 69.3 Å². The fourth-order valence-corrected chi connectivity index (χ4v) is 3.52. The van der Waals surface area contributed by atoms with Gasteiger partial charge in [0.05, 0.1) is 18.5 Å². The van der Waals surface area contributed by atoms with Gasteiger partial charge in [-0.25, -0.2) is 4.68 Å². The molecule has 4 aromatic rings. The average Bonchev–Trinajstić information content (AvgIpc) is 3.51. The molecule has 1 unspecified atom stereocenters. The van der Waals surface area contributed by atoms with Gasteiger partial charge in [-0.05, 0) is 35.9 Å². The average molecular weight is 385 g/mol. The number of amides is 1. The normalized spacial score (nSPS) is 15.0. The van der Waals surface area contributed by atoms with Gasteiger partial charge in [0, 0.05) is 12.5 Å². The predicted octanol–water partition coefficient (Wildman–Crippen LogP) is 3.87. The van der Waals surface area contributed by atoms with Crippen molar-refractivity contribution in [1.29, 1.82) is 0 Å². The zero-order chi connectivity index (χ0) is 19.6. The lowest BCUT2D eigenvalue weighted by Gasteiger charge is -2.12. The van der Waals surface area contributed by atoms with Crippen LogP contribution in [0.1, 0.15) is 16.1 Å². The summed E-state index contributed by atoms with van der Waals surface area (Å²) in [5, 5.41) is 7.58. The summed E-state index contributed by atoms with van der Waals surface area (Å²) in [7, 11) is 0. The summed E-state index contributed by atoms with van der Waals surface area (Å²) >= 11 is 0. The number of hydrogen-bond donors (Lipinski definition) is 1. The molecular formula is C23H19N3O3. The van der Waals surface area contributed by atoms with E-state index in [0.29, 0.717) is 23.7 Å². The van der Waals surface area contributed by atoms with Crippen molar-refractivity contribution >= 4 is 5.91 Å². The molecule has 2 aromatic carbocycles. The predicted molar refractivity (Wildman–Crippen MR) is 108 cm³/mol. The summed E-state index contributed by atoms with van der Waals surface area (Å²) in [6.07, 6.45) is 2.30. The van der Waals surface area contributed by atoms with Gasteiger partial charge in [0.15, 0.2) is 5.76 Å². The van der Waals surface area contributed by atoms with Gasteiger partial charge in [-0.1, -0.05) is 36.4 Å². The molecule has 0 fully saturated rings. The van der Waals surface area contributed by atoms with E-state index in [4.69, 9.17) is 9.15 Å². The van der Waals surface area contributed by atoms with Gasteiger partial charge >= 0.3 is 0 Å². The second-order valence-electron chi connectivity index (χ2n) is 6.90. The maximum absolute atomic E-state index is 13.0. The molecule has 1 aliphatic rings. The van der Waals surface area contributed by atoms with Crippen LogP contribution in [0.4, 0.5) is 0 Å². The van der Waals surface area contributed by atoms with Crippen LogP contribution in [0.5, 0.6) is 5.75 Å². The lowest BCUT2D eigenvalue weighted by molar-refractivity contribution is 0.0925. The molecule has 0 saturated carbocycles. The Kier molecular flexibility index (Phi) is 4.37. The van der Waals surface area contributed by atoms with E-state index in [1.165, 1.54) is 5.56 Å². The third kappa shape index (κ3) is 3.40. The molecule has 5 rings (SSSR count). The van der Waals surface area contributed by atoms with E-state index < -0.39 is 0 Å². The van der Waals surface area contributed by atoms with Crippen LogP contribution >= 0.6 is 0 Å². The highest BCUT2D eigenvalue weighted by atomic mass is 16.5. The molecule has 144 valence electrons. The Balaban J connectivity index is 1.37. The van der Waals surface area contributed by atoms with E-state index in [0.717, 1.165) is 17.9 Å². The van der Waals surface area contributed by atoms with Crippen LogP contribution < -0.4 is 10.1 Å². The molecule has 1 aliphatic heterocycles. The van der Waals surface area contributed by atoms with Crippen molar-refractivity contribution in [3.05, 3.63) is 90.3 Å². The molecule has 1 atom stereocenters. The summed E-state index contributed by atoms with van der Waals surface area (Å²) in [4.78, 5) is 13.0. The van der Waals surface area contributed by atoms with E-state index in [1.807, 2.05) is 54.6 Å². The number of furan rings is 1. The van der Waals surface area contributed by atoms with Crippen molar-refractivity contribution in [3.8, 4) is 22.9 Å². The number of fused-ring (bicyclic) bond motifs is 1. The molecule has 0 spiro atoms. The monoisotopic (exact) mass is 385 g/mol. The summed E-state index contributed by atoms with van der Waals surface area (Å²) in [5.74, 6) is 1.29. The van der Waals surface area contributed by atoms with Crippen molar-refractivity contribution in [2.75, 3.05) is 6.54 Å². The van der Waals surface area contributed by atoms with Crippen molar-refractivity contribution in [2.45, 2.75) is 12.5 Å². The number of rotatable bonds is 5. The maximum atomic E-state index is 13.0. The molecular weight excluding hydrogens is 366 g/mol. The third-order valence-electron chi connectivity index (χ3n) is 4.92. The Labute approximate surface area is 167 Å². The molecule has 1 N–H and O–H groups in total. The molecule has 3 heterocycles. The van der Waals surface area contributed by atoms with E-state index in [-0.39, 0.29) is 12.0 Å². The second kappa shape index (κ2) is 7.31.